The van der Waals surface area contributed by atoms with Crippen molar-refractivity contribution in [2.45, 2.75) is 19.8 Å². The van der Waals surface area contributed by atoms with E-state index in [0.717, 1.165) is 11.1 Å². The lowest BCUT2D eigenvalue weighted by atomic mass is 9.99. The first kappa shape index (κ1) is 15.3. The van der Waals surface area contributed by atoms with Gasteiger partial charge in [0.15, 0.2) is 0 Å². The predicted molar refractivity (Wildman–Crippen MR) is 83.9 cm³/mol. The first-order valence-electron chi connectivity index (χ1n) is 6.57. The normalized spacial score (nSPS) is 11.8. The van der Waals surface area contributed by atoms with E-state index in [9.17, 15) is 9.59 Å². The van der Waals surface area contributed by atoms with Gasteiger partial charge in [-0.3, -0.25) is 4.79 Å². The maximum Gasteiger partial charge on any atom is 0.348 e. The Morgan fingerprint density at radius 2 is 2.00 bits per heavy atom. The van der Waals surface area contributed by atoms with E-state index in [-0.39, 0.29) is 11.8 Å². The van der Waals surface area contributed by atoms with Crippen molar-refractivity contribution in [2.75, 3.05) is 12.4 Å². The van der Waals surface area contributed by atoms with Crippen LogP contribution in [0.15, 0.2) is 36.4 Å². The first-order chi connectivity index (χ1) is 10.0. The molecule has 0 saturated carbocycles. The second kappa shape index (κ2) is 6.54. The number of benzene rings is 1. The lowest BCUT2D eigenvalue weighted by molar-refractivity contribution is -0.117. The summed E-state index contributed by atoms with van der Waals surface area (Å²) in [6.07, 6.45) is 0. The number of anilines is 1. The maximum absolute atomic E-state index is 12.3. The minimum Gasteiger partial charge on any atom is -0.465 e. The standard InChI is InChI=1S/C16H17NO3S/c1-10-5-4-6-12(9-10)11(2)15(18)17-14-8-7-13(21-14)16(19)20-3/h4-9,11H,1-3H3,(H,17,18)/t11-/m0/s1. The number of methoxy groups -OCH3 is 1. The Morgan fingerprint density at radius 3 is 2.67 bits per heavy atom. The number of aryl methyl sites for hydroxylation is 1. The molecule has 1 aromatic heterocycles. The molecule has 1 amide bonds. The fourth-order valence-electron chi connectivity index (χ4n) is 1.94. The summed E-state index contributed by atoms with van der Waals surface area (Å²) in [6.45, 7) is 3.86. The molecule has 0 spiro atoms. The van der Waals surface area contributed by atoms with Crippen LogP contribution in [0.2, 0.25) is 0 Å². The van der Waals surface area contributed by atoms with Crippen molar-refractivity contribution in [1.82, 2.24) is 0 Å². The van der Waals surface area contributed by atoms with E-state index in [1.54, 1.807) is 12.1 Å². The van der Waals surface area contributed by atoms with Crippen molar-refractivity contribution >= 4 is 28.2 Å². The number of carbonyl (C=O) groups excluding carboxylic acids is 2. The summed E-state index contributed by atoms with van der Waals surface area (Å²) in [5, 5.41) is 3.47. The Bertz CT molecular complexity index is 663. The molecular weight excluding hydrogens is 286 g/mol. The molecule has 0 unspecified atom stereocenters. The minimum atomic E-state index is -0.396. The fraction of sp³-hybridized carbons (Fsp3) is 0.250. The SMILES string of the molecule is COC(=O)c1ccc(NC(=O)[C@@H](C)c2cccc(C)c2)s1. The van der Waals surface area contributed by atoms with E-state index in [2.05, 4.69) is 10.1 Å². The zero-order chi connectivity index (χ0) is 15.4. The third kappa shape index (κ3) is 3.70. The number of thiophene rings is 1. The van der Waals surface area contributed by atoms with Crippen LogP contribution >= 0.6 is 11.3 Å². The Labute approximate surface area is 127 Å². The summed E-state index contributed by atoms with van der Waals surface area (Å²) in [5.41, 5.74) is 2.09. The molecule has 2 aromatic rings. The smallest absolute Gasteiger partial charge is 0.348 e. The zero-order valence-electron chi connectivity index (χ0n) is 12.2. The number of esters is 1. The Morgan fingerprint density at radius 1 is 1.24 bits per heavy atom. The minimum absolute atomic E-state index is 0.0983. The van der Waals surface area contributed by atoms with Gasteiger partial charge >= 0.3 is 5.97 Å². The quantitative estimate of drug-likeness (QED) is 0.878. The molecule has 1 aromatic carbocycles. The molecule has 1 N–H and O–H groups in total. The summed E-state index contributed by atoms with van der Waals surface area (Å²) >= 11 is 1.20. The number of nitrogens with one attached hydrogen (secondary N) is 1. The number of hydrogen-bond donors (Lipinski definition) is 1. The molecule has 0 fully saturated rings. The van der Waals surface area contributed by atoms with Gasteiger partial charge in [0.25, 0.3) is 0 Å². The number of amides is 1. The first-order valence-corrected chi connectivity index (χ1v) is 7.38. The summed E-state index contributed by atoms with van der Waals surface area (Å²) < 4.78 is 4.64. The largest absolute Gasteiger partial charge is 0.465 e. The Hall–Kier alpha value is -2.14. The average Bonchev–Trinajstić information content (AvgIpc) is 2.94. The third-order valence-corrected chi connectivity index (χ3v) is 4.16. The van der Waals surface area contributed by atoms with Gasteiger partial charge in [-0.15, -0.1) is 11.3 Å². The molecule has 4 nitrogen and oxygen atoms in total. The van der Waals surface area contributed by atoms with E-state index in [0.29, 0.717) is 9.88 Å². The van der Waals surface area contributed by atoms with Crippen LogP contribution in [-0.4, -0.2) is 19.0 Å². The molecule has 110 valence electrons. The number of ether oxygens (including phenoxy) is 1. The highest BCUT2D eigenvalue weighted by Crippen LogP contribution is 2.25. The molecule has 2 rings (SSSR count). The van der Waals surface area contributed by atoms with Crippen LogP contribution < -0.4 is 5.32 Å². The fourth-order valence-corrected chi connectivity index (χ4v) is 2.76. The van der Waals surface area contributed by atoms with Crippen LogP contribution in [0.5, 0.6) is 0 Å². The number of rotatable bonds is 4. The topological polar surface area (TPSA) is 55.4 Å². The van der Waals surface area contributed by atoms with Gasteiger partial charge in [-0.05, 0) is 31.5 Å². The van der Waals surface area contributed by atoms with Gasteiger partial charge in [-0.1, -0.05) is 29.8 Å². The van der Waals surface area contributed by atoms with Gasteiger partial charge in [0, 0.05) is 0 Å². The Kier molecular flexibility index (Phi) is 4.75. The lowest BCUT2D eigenvalue weighted by Crippen LogP contribution is -2.18. The van der Waals surface area contributed by atoms with Crippen LogP contribution in [0, 0.1) is 6.92 Å². The van der Waals surface area contributed by atoms with Crippen molar-refractivity contribution in [1.29, 1.82) is 0 Å². The van der Waals surface area contributed by atoms with Crippen molar-refractivity contribution in [2.24, 2.45) is 0 Å². The zero-order valence-corrected chi connectivity index (χ0v) is 13.0. The highest BCUT2D eigenvalue weighted by Gasteiger charge is 2.17. The molecule has 0 radical (unpaired) electrons. The average molecular weight is 303 g/mol. The molecule has 0 aliphatic carbocycles. The highest BCUT2D eigenvalue weighted by molar-refractivity contribution is 7.18. The molecule has 0 saturated heterocycles. The molecule has 0 bridgehead atoms. The summed E-state index contributed by atoms with van der Waals surface area (Å²) in [6, 6.07) is 11.2. The van der Waals surface area contributed by atoms with Gasteiger partial charge in [0.2, 0.25) is 5.91 Å². The molecule has 0 aliphatic heterocycles. The van der Waals surface area contributed by atoms with Crippen LogP contribution in [-0.2, 0) is 9.53 Å². The van der Waals surface area contributed by atoms with Gasteiger partial charge in [0.05, 0.1) is 18.0 Å². The van der Waals surface area contributed by atoms with Crippen molar-refractivity contribution in [3.8, 4) is 0 Å². The maximum atomic E-state index is 12.3. The second-order valence-electron chi connectivity index (χ2n) is 4.78. The predicted octanol–water partition coefficient (Wildman–Crippen LogP) is 3.59. The van der Waals surface area contributed by atoms with Crippen molar-refractivity contribution in [3.05, 3.63) is 52.4 Å². The lowest BCUT2D eigenvalue weighted by Gasteiger charge is -2.12. The van der Waals surface area contributed by atoms with Crippen LogP contribution in [0.4, 0.5) is 5.00 Å². The van der Waals surface area contributed by atoms with E-state index >= 15 is 0 Å². The number of carbonyl (C=O) groups is 2. The number of hydrogen-bond acceptors (Lipinski definition) is 4. The Balaban J connectivity index is 2.07. The van der Waals surface area contributed by atoms with Crippen LogP contribution in [0.1, 0.15) is 33.6 Å². The second-order valence-corrected chi connectivity index (χ2v) is 5.86. The summed E-state index contributed by atoms with van der Waals surface area (Å²) in [5.74, 6) is -0.750. The van der Waals surface area contributed by atoms with E-state index in [4.69, 9.17) is 0 Å². The van der Waals surface area contributed by atoms with E-state index in [1.807, 2.05) is 38.1 Å². The van der Waals surface area contributed by atoms with E-state index < -0.39 is 5.97 Å². The van der Waals surface area contributed by atoms with Crippen molar-refractivity contribution < 1.29 is 14.3 Å². The van der Waals surface area contributed by atoms with Gasteiger partial charge < -0.3 is 10.1 Å². The van der Waals surface area contributed by atoms with Gasteiger partial charge in [-0.2, -0.15) is 0 Å². The van der Waals surface area contributed by atoms with E-state index in [1.165, 1.54) is 18.4 Å². The van der Waals surface area contributed by atoms with Gasteiger partial charge in [0.1, 0.15) is 4.88 Å². The molecule has 21 heavy (non-hydrogen) atoms. The van der Waals surface area contributed by atoms with Crippen LogP contribution in [0.25, 0.3) is 0 Å². The highest BCUT2D eigenvalue weighted by atomic mass is 32.1. The van der Waals surface area contributed by atoms with Crippen LogP contribution in [0.3, 0.4) is 0 Å². The van der Waals surface area contributed by atoms with Gasteiger partial charge in [-0.25, -0.2) is 4.79 Å². The molecule has 1 atom stereocenters. The summed E-state index contributed by atoms with van der Waals surface area (Å²) in [7, 11) is 1.33. The molecular formula is C16H17NO3S. The molecule has 1 heterocycles. The van der Waals surface area contributed by atoms with Crippen molar-refractivity contribution in [3.63, 3.8) is 0 Å². The summed E-state index contributed by atoms with van der Waals surface area (Å²) in [4.78, 5) is 24.1. The molecule has 5 heteroatoms. The monoisotopic (exact) mass is 303 g/mol. The third-order valence-electron chi connectivity index (χ3n) is 3.17. The molecule has 0 aliphatic rings.